The topological polar surface area (TPSA) is 182 Å². The molecule has 3 atom stereocenters. The minimum atomic E-state index is -1.20. The summed E-state index contributed by atoms with van der Waals surface area (Å²) in [4.78, 5) is 55.4. The van der Waals surface area contributed by atoms with Gasteiger partial charge in [0, 0.05) is 40.6 Å². The molecule has 2 heterocycles. The van der Waals surface area contributed by atoms with Gasteiger partial charge in [0.25, 0.3) is 0 Å². The van der Waals surface area contributed by atoms with Crippen LogP contribution in [0, 0.1) is 0 Å². The number of aromatic amines is 2. The van der Waals surface area contributed by atoms with E-state index < -0.39 is 41.8 Å². The lowest BCUT2D eigenvalue weighted by molar-refractivity contribution is -0.142. The van der Waals surface area contributed by atoms with Crippen LogP contribution in [0.15, 0.2) is 60.9 Å². The fraction of sp³-hybridized carbons (Fsp3) is 0.259. The highest BCUT2D eigenvalue weighted by Crippen LogP contribution is 2.20. The zero-order chi connectivity index (χ0) is 27.2. The van der Waals surface area contributed by atoms with E-state index in [0.29, 0.717) is 0 Å². The number of hydrogen-bond acceptors (Lipinski definition) is 5. The zero-order valence-electron chi connectivity index (χ0n) is 20.8. The van der Waals surface area contributed by atoms with E-state index in [1.807, 2.05) is 48.5 Å². The number of amides is 3. The summed E-state index contributed by atoms with van der Waals surface area (Å²) in [5, 5.41) is 18.9. The Morgan fingerprint density at radius 2 is 1.39 bits per heavy atom. The van der Waals surface area contributed by atoms with Gasteiger partial charge in [-0.2, -0.15) is 0 Å². The number of nitrogens with two attached hydrogens (primary N) is 1. The molecule has 0 radical (unpaired) electrons. The first-order valence-electron chi connectivity index (χ1n) is 12.2. The molecular formula is C27H30N6O5. The number of H-pyrrole nitrogens is 2. The van der Waals surface area contributed by atoms with Crippen LogP contribution in [0.1, 0.15) is 18.1 Å². The number of hydrogen-bond donors (Lipinski definition) is 7. The molecule has 38 heavy (non-hydrogen) atoms. The van der Waals surface area contributed by atoms with Gasteiger partial charge >= 0.3 is 5.97 Å². The van der Waals surface area contributed by atoms with Gasteiger partial charge in [-0.25, -0.2) is 4.79 Å². The Labute approximate surface area is 218 Å². The van der Waals surface area contributed by atoms with E-state index in [1.54, 1.807) is 12.4 Å². The second kappa shape index (κ2) is 11.6. The SMILES string of the molecule is CC(NC(=O)CNC(=O)C(N)Cc1c[nH]c2ccccc12)C(=O)NC(Cc1c[nH]c2ccccc12)C(=O)O. The lowest BCUT2D eigenvalue weighted by Gasteiger charge is -2.19. The first-order chi connectivity index (χ1) is 18.2. The van der Waals surface area contributed by atoms with E-state index in [4.69, 9.17) is 5.73 Å². The number of carboxylic acids is 1. The third-order valence-corrected chi connectivity index (χ3v) is 6.36. The monoisotopic (exact) mass is 518 g/mol. The second-order valence-corrected chi connectivity index (χ2v) is 9.14. The molecule has 0 aliphatic rings. The molecular weight excluding hydrogens is 488 g/mol. The van der Waals surface area contributed by atoms with Crippen molar-refractivity contribution >= 4 is 45.5 Å². The van der Waals surface area contributed by atoms with Crippen molar-refractivity contribution in [3.05, 3.63) is 72.1 Å². The van der Waals surface area contributed by atoms with Gasteiger partial charge in [0.15, 0.2) is 0 Å². The first-order valence-corrected chi connectivity index (χ1v) is 12.2. The Morgan fingerprint density at radius 1 is 0.842 bits per heavy atom. The van der Waals surface area contributed by atoms with Crippen LogP contribution >= 0.6 is 0 Å². The van der Waals surface area contributed by atoms with Crippen LogP contribution in [-0.4, -0.2) is 63.4 Å². The third kappa shape index (κ3) is 6.19. The highest BCUT2D eigenvalue weighted by atomic mass is 16.4. The van der Waals surface area contributed by atoms with E-state index >= 15 is 0 Å². The average molecular weight is 519 g/mol. The molecule has 2 aromatic carbocycles. The lowest BCUT2D eigenvalue weighted by atomic mass is 10.0. The number of rotatable bonds is 11. The molecule has 0 bridgehead atoms. The van der Waals surface area contributed by atoms with Gasteiger partial charge < -0.3 is 36.8 Å². The molecule has 0 fully saturated rings. The van der Waals surface area contributed by atoms with Crippen LogP contribution in [0.3, 0.4) is 0 Å². The summed E-state index contributed by atoms with van der Waals surface area (Å²) in [7, 11) is 0. The molecule has 0 spiro atoms. The number of carboxylic acid groups (broad SMARTS) is 1. The number of fused-ring (bicyclic) bond motifs is 2. The Bertz CT molecular complexity index is 1470. The van der Waals surface area contributed by atoms with Crippen LogP contribution in [0.5, 0.6) is 0 Å². The van der Waals surface area contributed by atoms with Crippen LogP contribution < -0.4 is 21.7 Å². The molecule has 0 aliphatic heterocycles. The quantitative estimate of drug-likeness (QED) is 0.155. The van der Waals surface area contributed by atoms with E-state index in [-0.39, 0.29) is 19.4 Å². The zero-order valence-corrected chi connectivity index (χ0v) is 20.8. The molecule has 0 aliphatic carbocycles. The standard InChI is InChI=1S/C27H30N6O5/c1-15(25(35)33-23(27(37)38)11-17-13-30-22-9-5-3-7-19(17)22)32-24(34)14-31-26(36)20(28)10-16-12-29-21-8-4-2-6-18(16)21/h2-9,12-13,15,20,23,29-30H,10-11,14,28H2,1H3,(H,31,36)(H,32,34)(H,33,35)(H,37,38). The van der Waals surface area contributed by atoms with Crippen molar-refractivity contribution in [3.63, 3.8) is 0 Å². The van der Waals surface area contributed by atoms with Gasteiger partial charge in [-0.3, -0.25) is 14.4 Å². The summed E-state index contributed by atoms with van der Waals surface area (Å²) >= 11 is 0. The van der Waals surface area contributed by atoms with Gasteiger partial charge in [-0.15, -0.1) is 0 Å². The summed E-state index contributed by atoms with van der Waals surface area (Å²) < 4.78 is 0. The molecule has 4 aromatic rings. The number of benzene rings is 2. The third-order valence-electron chi connectivity index (χ3n) is 6.36. The van der Waals surface area contributed by atoms with Crippen LogP contribution in [0.2, 0.25) is 0 Å². The van der Waals surface area contributed by atoms with E-state index in [2.05, 4.69) is 25.9 Å². The Kier molecular flexibility index (Phi) is 8.07. The first kappa shape index (κ1) is 26.4. The summed E-state index contributed by atoms with van der Waals surface area (Å²) in [6.07, 6.45) is 3.86. The Hall–Kier alpha value is -4.64. The van der Waals surface area contributed by atoms with Crippen LogP contribution in [-0.2, 0) is 32.0 Å². The minimum absolute atomic E-state index is 0.0656. The Balaban J connectivity index is 1.25. The normalized spacial score (nSPS) is 13.5. The minimum Gasteiger partial charge on any atom is -0.480 e. The molecule has 8 N–H and O–H groups in total. The van der Waals surface area contributed by atoms with Crippen molar-refractivity contribution < 1.29 is 24.3 Å². The average Bonchev–Trinajstić information content (AvgIpc) is 3.50. The number of aliphatic carboxylic acids is 1. The van der Waals surface area contributed by atoms with Crippen molar-refractivity contribution in [1.29, 1.82) is 0 Å². The smallest absolute Gasteiger partial charge is 0.326 e. The molecule has 3 unspecified atom stereocenters. The number of nitrogens with one attached hydrogen (secondary N) is 5. The number of carbonyl (C=O) groups excluding carboxylic acids is 3. The van der Waals surface area contributed by atoms with Gasteiger partial charge in [-0.05, 0) is 36.6 Å². The molecule has 4 rings (SSSR count). The fourth-order valence-electron chi connectivity index (χ4n) is 4.30. The van der Waals surface area contributed by atoms with Crippen LogP contribution in [0.4, 0.5) is 0 Å². The molecule has 11 heteroatoms. The predicted octanol–water partition coefficient (Wildman–Crippen LogP) is 0.952. The second-order valence-electron chi connectivity index (χ2n) is 9.14. The number of carbonyl (C=O) groups is 4. The van der Waals surface area contributed by atoms with Crippen molar-refractivity contribution in [2.24, 2.45) is 5.73 Å². The van der Waals surface area contributed by atoms with Crippen molar-refractivity contribution in [2.75, 3.05) is 6.54 Å². The van der Waals surface area contributed by atoms with E-state index in [9.17, 15) is 24.3 Å². The summed E-state index contributed by atoms with van der Waals surface area (Å²) in [5.74, 6) is -2.97. The van der Waals surface area contributed by atoms with E-state index in [1.165, 1.54) is 6.92 Å². The fourth-order valence-corrected chi connectivity index (χ4v) is 4.30. The van der Waals surface area contributed by atoms with Crippen LogP contribution in [0.25, 0.3) is 21.8 Å². The number of aromatic nitrogens is 2. The summed E-state index contributed by atoms with van der Waals surface area (Å²) in [6.45, 7) is 1.05. The maximum absolute atomic E-state index is 12.6. The van der Waals surface area contributed by atoms with Crippen molar-refractivity contribution in [2.45, 2.75) is 37.9 Å². The molecule has 0 saturated heterocycles. The molecule has 3 amide bonds. The molecule has 11 nitrogen and oxygen atoms in total. The maximum atomic E-state index is 12.6. The van der Waals surface area contributed by atoms with Gasteiger partial charge in [-0.1, -0.05) is 36.4 Å². The summed E-state index contributed by atoms with van der Waals surface area (Å²) in [6, 6.07) is 12.0. The molecule has 0 saturated carbocycles. The highest BCUT2D eigenvalue weighted by molar-refractivity contribution is 5.93. The van der Waals surface area contributed by atoms with E-state index in [0.717, 1.165) is 32.9 Å². The van der Waals surface area contributed by atoms with Crippen molar-refractivity contribution in [1.82, 2.24) is 25.9 Å². The largest absolute Gasteiger partial charge is 0.480 e. The van der Waals surface area contributed by atoms with Gasteiger partial charge in [0.1, 0.15) is 12.1 Å². The van der Waals surface area contributed by atoms with Crippen molar-refractivity contribution in [3.8, 4) is 0 Å². The predicted molar refractivity (Wildman–Crippen MR) is 142 cm³/mol. The molecule has 198 valence electrons. The Morgan fingerprint density at radius 3 is 1.97 bits per heavy atom. The van der Waals surface area contributed by atoms with Gasteiger partial charge in [0.2, 0.25) is 17.7 Å². The lowest BCUT2D eigenvalue weighted by Crippen LogP contribution is -2.53. The number of para-hydroxylation sites is 2. The summed E-state index contributed by atoms with van der Waals surface area (Å²) in [5.41, 5.74) is 9.46. The molecule has 2 aromatic heterocycles. The highest BCUT2D eigenvalue weighted by Gasteiger charge is 2.25. The van der Waals surface area contributed by atoms with Gasteiger partial charge in [0.05, 0.1) is 12.6 Å². The maximum Gasteiger partial charge on any atom is 0.326 e.